The van der Waals surface area contributed by atoms with Crippen LogP contribution in [0.3, 0.4) is 0 Å². The van der Waals surface area contributed by atoms with Crippen LogP contribution in [0.4, 0.5) is 0 Å². The van der Waals surface area contributed by atoms with Crippen LogP contribution in [0.1, 0.15) is 46.2 Å². The summed E-state index contributed by atoms with van der Waals surface area (Å²) >= 11 is 0. The van der Waals surface area contributed by atoms with Crippen LogP contribution in [0.15, 0.2) is 21.1 Å². The van der Waals surface area contributed by atoms with E-state index in [9.17, 15) is 9.90 Å². The van der Waals surface area contributed by atoms with Gasteiger partial charge in [0, 0.05) is 31.0 Å². The van der Waals surface area contributed by atoms with Gasteiger partial charge in [-0.3, -0.25) is 4.79 Å². The molecule has 4 rings (SSSR count). The maximum Gasteiger partial charge on any atom is 0.289 e. The number of carbonyl (C=O) groups excluding carboxylic acids is 1. The first kappa shape index (κ1) is 15.4. The molecule has 2 aliphatic rings. The Hall–Kier alpha value is -2.08. The first-order valence-electron chi connectivity index (χ1n) is 8.50. The van der Waals surface area contributed by atoms with Gasteiger partial charge in [0.2, 0.25) is 0 Å². The van der Waals surface area contributed by atoms with Gasteiger partial charge in [0.05, 0.1) is 11.8 Å². The van der Waals surface area contributed by atoms with Gasteiger partial charge in [-0.25, -0.2) is 0 Å². The normalized spacial score (nSPS) is 26.1. The minimum atomic E-state index is -0.264. The minimum Gasteiger partial charge on any atom is -0.456 e. The average molecular weight is 330 g/mol. The number of fused-ring (bicyclic) bond motifs is 1. The van der Waals surface area contributed by atoms with E-state index in [1.54, 1.807) is 6.07 Å². The predicted molar refractivity (Wildman–Crippen MR) is 85.6 cm³/mol. The molecule has 0 bridgehead atoms. The molecule has 1 amide bonds. The third kappa shape index (κ3) is 2.55. The summed E-state index contributed by atoms with van der Waals surface area (Å²) in [5.74, 6) is 2.45. The molecule has 0 unspecified atom stereocenters. The summed E-state index contributed by atoms with van der Waals surface area (Å²) in [5, 5.41) is 13.9. The molecule has 0 aromatic carbocycles. The average Bonchev–Trinajstić information content (AvgIpc) is 3.31. The van der Waals surface area contributed by atoms with Gasteiger partial charge in [0.1, 0.15) is 11.5 Å². The maximum absolute atomic E-state index is 12.7. The van der Waals surface area contributed by atoms with Gasteiger partial charge >= 0.3 is 0 Å². The van der Waals surface area contributed by atoms with Crippen molar-refractivity contribution >= 4 is 5.91 Å². The fraction of sp³-hybridized carbons (Fsp3) is 0.556. The molecule has 24 heavy (non-hydrogen) atoms. The fourth-order valence-corrected chi connectivity index (χ4v) is 4.07. The van der Waals surface area contributed by atoms with E-state index in [4.69, 9.17) is 8.94 Å². The molecule has 3 atom stereocenters. The number of hydrogen-bond acceptors (Lipinski definition) is 5. The molecule has 2 aromatic heterocycles. The Bertz CT molecular complexity index is 743. The lowest BCUT2D eigenvalue weighted by Crippen LogP contribution is -2.30. The molecule has 3 heterocycles. The van der Waals surface area contributed by atoms with Gasteiger partial charge in [-0.1, -0.05) is 5.16 Å². The second-order valence-corrected chi connectivity index (χ2v) is 7.02. The van der Waals surface area contributed by atoms with Crippen molar-refractivity contribution in [2.45, 2.75) is 39.2 Å². The van der Waals surface area contributed by atoms with E-state index < -0.39 is 0 Å². The highest BCUT2D eigenvalue weighted by molar-refractivity contribution is 5.91. The topological polar surface area (TPSA) is 79.7 Å². The molecule has 1 saturated heterocycles. The molecule has 2 fully saturated rings. The van der Waals surface area contributed by atoms with Crippen LogP contribution in [0, 0.1) is 25.7 Å². The molecule has 1 N–H and O–H groups in total. The maximum atomic E-state index is 12.7. The molecule has 128 valence electrons. The molecule has 6 nitrogen and oxygen atoms in total. The monoisotopic (exact) mass is 330 g/mol. The number of amides is 1. The van der Waals surface area contributed by atoms with Gasteiger partial charge in [-0.05, 0) is 44.7 Å². The Balaban J connectivity index is 1.46. The third-order valence-electron chi connectivity index (χ3n) is 5.51. The lowest BCUT2D eigenvalue weighted by Gasteiger charge is -2.17. The number of aromatic nitrogens is 1. The first-order valence-corrected chi connectivity index (χ1v) is 8.50. The van der Waals surface area contributed by atoms with Crippen LogP contribution in [0.2, 0.25) is 0 Å². The molecule has 1 aliphatic heterocycles. The van der Waals surface area contributed by atoms with Gasteiger partial charge < -0.3 is 18.9 Å². The van der Waals surface area contributed by atoms with Crippen molar-refractivity contribution in [1.82, 2.24) is 10.1 Å². The van der Waals surface area contributed by atoms with Crippen molar-refractivity contribution in [2.75, 3.05) is 13.1 Å². The summed E-state index contributed by atoms with van der Waals surface area (Å²) in [7, 11) is 0. The van der Waals surface area contributed by atoms with Crippen LogP contribution >= 0.6 is 0 Å². The molecule has 1 saturated carbocycles. The number of nitrogens with zero attached hydrogens (tertiary/aromatic N) is 2. The highest BCUT2D eigenvalue weighted by atomic mass is 16.5. The minimum absolute atomic E-state index is 0.0818. The van der Waals surface area contributed by atoms with Crippen molar-refractivity contribution in [3.05, 3.63) is 40.7 Å². The summed E-state index contributed by atoms with van der Waals surface area (Å²) in [4.78, 5) is 14.5. The van der Waals surface area contributed by atoms with Crippen molar-refractivity contribution in [2.24, 2.45) is 11.8 Å². The van der Waals surface area contributed by atoms with Crippen LogP contribution in [0.25, 0.3) is 0 Å². The highest BCUT2D eigenvalue weighted by Gasteiger charge is 2.43. The molecule has 6 heteroatoms. The van der Waals surface area contributed by atoms with E-state index >= 15 is 0 Å². The van der Waals surface area contributed by atoms with Crippen molar-refractivity contribution < 1.29 is 18.8 Å². The summed E-state index contributed by atoms with van der Waals surface area (Å²) in [5.41, 5.74) is 1.85. The molecular weight excluding hydrogens is 308 g/mol. The van der Waals surface area contributed by atoms with Crippen LogP contribution < -0.4 is 0 Å². The number of carbonyl (C=O) groups is 1. The Kier molecular flexibility index (Phi) is 3.72. The lowest BCUT2D eigenvalue weighted by molar-refractivity contribution is 0.0720. The number of furan rings is 1. The summed E-state index contributed by atoms with van der Waals surface area (Å²) in [6.07, 6.45) is 2.17. The Morgan fingerprint density at radius 2 is 2.17 bits per heavy atom. The van der Waals surface area contributed by atoms with E-state index in [-0.39, 0.29) is 17.9 Å². The van der Waals surface area contributed by atoms with Crippen LogP contribution in [-0.4, -0.2) is 40.3 Å². The number of aryl methyl sites for hydroxylation is 2. The Morgan fingerprint density at radius 3 is 2.88 bits per heavy atom. The first-order chi connectivity index (χ1) is 11.5. The van der Waals surface area contributed by atoms with Crippen molar-refractivity contribution in [3.63, 3.8) is 0 Å². The zero-order valence-electron chi connectivity index (χ0n) is 14.0. The quantitative estimate of drug-likeness (QED) is 0.934. The second-order valence-electron chi connectivity index (χ2n) is 7.02. The van der Waals surface area contributed by atoms with Crippen molar-refractivity contribution in [3.8, 4) is 0 Å². The lowest BCUT2D eigenvalue weighted by atomic mass is 10.00. The highest BCUT2D eigenvalue weighted by Crippen LogP contribution is 2.38. The molecule has 2 aromatic rings. The molecule has 0 radical (unpaired) electrons. The second kappa shape index (κ2) is 5.77. The fourth-order valence-electron chi connectivity index (χ4n) is 4.07. The van der Waals surface area contributed by atoms with Gasteiger partial charge in [0.15, 0.2) is 5.76 Å². The van der Waals surface area contributed by atoms with Crippen LogP contribution in [0.5, 0.6) is 0 Å². The standard InChI is InChI=1S/C18H22N2O4/c1-10-14(11(2)24-19-10)7-13-4-6-17(23-13)18(22)20-8-12-3-5-16(21)15(12)9-20/h4,6,12,15-16,21H,3,5,7-9H2,1-2H3/t12-,15+,16-/m1/s1. The summed E-state index contributed by atoms with van der Waals surface area (Å²) < 4.78 is 10.9. The summed E-state index contributed by atoms with van der Waals surface area (Å²) in [6.45, 7) is 5.12. The van der Waals surface area contributed by atoms with Crippen LogP contribution in [-0.2, 0) is 6.42 Å². The zero-order valence-corrected chi connectivity index (χ0v) is 14.0. The number of aliphatic hydroxyl groups excluding tert-OH is 1. The number of hydrogen-bond donors (Lipinski definition) is 1. The van der Waals surface area contributed by atoms with E-state index in [1.807, 2.05) is 24.8 Å². The van der Waals surface area contributed by atoms with Gasteiger partial charge in [0.25, 0.3) is 5.91 Å². The molecule has 0 spiro atoms. The third-order valence-corrected chi connectivity index (χ3v) is 5.51. The zero-order chi connectivity index (χ0) is 16.8. The number of likely N-dealkylation sites (tertiary alicyclic amines) is 1. The molecular formula is C18H22N2O4. The van der Waals surface area contributed by atoms with E-state index in [2.05, 4.69) is 5.16 Å². The van der Waals surface area contributed by atoms with Gasteiger partial charge in [-0.15, -0.1) is 0 Å². The van der Waals surface area contributed by atoms with E-state index in [0.717, 1.165) is 42.2 Å². The summed E-state index contributed by atoms with van der Waals surface area (Å²) in [6, 6.07) is 3.57. The molecule has 1 aliphatic carbocycles. The Labute approximate surface area is 140 Å². The largest absolute Gasteiger partial charge is 0.456 e. The number of aliphatic hydroxyl groups is 1. The SMILES string of the molecule is Cc1noc(C)c1Cc1ccc(C(=O)N2C[C@H]3CC[C@@H](O)[C@H]3C2)o1. The van der Waals surface area contributed by atoms with E-state index in [1.165, 1.54) is 0 Å². The number of rotatable bonds is 3. The van der Waals surface area contributed by atoms with E-state index in [0.29, 0.717) is 24.6 Å². The van der Waals surface area contributed by atoms with Gasteiger partial charge in [-0.2, -0.15) is 0 Å². The smallest absolute Gasteiger partial charge is 0.289 e. The van der Waals surface area contributed by atoms with Crippen molar-refractivity contribution in [1.29, 1.82) is 0 Å². The predicted octanol–water partition coefficient (Wildman–Crippen LogP) is 2.32. The Morgan fingerprint density at radius 1 is 1.33 bits per heavy atom.